The Labute approximate surface area is 118 Å². The average Bonchev–Trinajstić information content (AvgIpc) is 2.83. The van der Waals surface area contributed by atoms with E-state index in [1.165, 1.54) is 18.2 Å². The molecule has 2 rings (SSSR count). The molecule has 2 aromatic rings. The second-order valence-electron chi connectivity index (χ2n) is 3.64. The average molecular weight is 303 g/mol. The first-order chi connectivity index (χ1) is 9.02. The standard InChI is InChI=1S/C12H9Cl2FN2O2/c1-2-19-12(18)10-5-9(16-17-10)7-3-6(13)4-8(14)11(7)15/h3-5H,2H2,1H3,(H,16,17). The summed E-state index contributed by atoms with van der Waals surface area (Å²) in [7, 11) is 0. The van der Waals surface area contributed by atoms with E-state index in [0.29, 0.717) is 0 Å². The number of halogens is 3. The Kier molecular flexibility index (Phi) is 4.07. The molecular weight excluding hydrogens is 294 g/mol. The van der Waals surface area contributed by atoms with Crippen LogP contribution in [0.25, 0.3) is 11.3 Å². The van der Waals surface area contributed by atoms with Crippen molar-refractivity contribution >= 4 is 29.2 Å². The molecule has 0 fully saturated rings. The van der Waals surface area contributed by atoms with E-state index in [0.717, 1.165) is 0 Å². The summed E-state index contributed by atoms with van der Waals surface area (Å²) in [5.41, 5.74) is 0.474. The molecule has 0 amide bonds. The number of H-pyrrole nitrogens is 1. The molecule has 1 N–H and O–H groups in total. The van der Waals surface area contributed by atoms with Crippen molar-refractivity contribution in [1.82, 2.24) is 10.2 Å². The Hall–Kier alpha value is -1.59. The van der Waals surface area contributed by atoms with Gasteiger partial charge in [-0.2, -0.15) is 5.10 Å². The van der Waals surface area contributed by atoms with Crippen molar-refractivity contribution in [3.05, 3.63) is 39.8 Å². The highest BCUT2D eigenvalue weighted by Crippen LogP contribution is 2.30. The number of carbonyl (C=O) groups is 1. The third kappa shape index (κ3) is 2.88. The van der Waals surface area contributed by atoms with Gasteiger partial charge in [0.15, 0.2) is 5.82 Å². The van der Waals surface area contributed by atoms with Gasteiger partial charge in [0, 0.05) is 10.6 Å². The van der Waals surface area contributed by atoms with E-state index < -0.39 is 11.8 Å². The number of benzene rings is 1. The third-order valence-electron chi connectivity index (χ3n) is 2.34. The van der Waals surface area contributed by atoms with Gasteiger partial charge in [0.25, 0.3) is 0 Å². The van der Waals surface area contributed by atoms with Gasteiger partial charge in [-0.3, -0.25) is 5.10 Å². The number of rotatable bonds is 3. The van der Waals surface area contributed by atoms with Crippen molar-refractivity contribution in [3.63, 3.8) is 0 Å². The van der Waals surface area contributed by atoms with Crippen LogP contribution in [0, 0.1) is 5.82 Å². The topological polar surface area (TPSA) is 55.0 Å². The van der Waals surface area contributed by atoms with E-state index in [-0.39, 0.29) is 33.6 Å². The largest absolute Gasteiger partial charge is 0.461 e. The van der Waals surface area contributed by atoms with Crippen LogP contribution in [0.15, 0.2) is 18.2 Å². The quantitative estimate of drug-likeness (QED) is 0.695. The molecule has 0 aliphatic rings. The smallest absolute Gasteiger partial charge is 0.356 e. The molecule has 0 aliphatic heterocycles. The van der Waals surface area contributed by atoms with Crippen molar-refractivity contribution in [3.8, 4) is 11.3 Å². The van der Waals surface area contributed by atoms with Crippen molar-refractivity contribution < 1.29 is 13.9 Å². The summed E-state index contributed by atoms with van der Waals surface area (Å²) in [6.07, 6.45) is 0. The first-order valence-corrected chi connectivity index (χ1v) is 6.16. The Bertz CT molecular complexity index is 628. The third-order valence-corrected chi connectivity index (χ3v) is 2.84. The van der Waals surface area contributed by atoms with Gasteiger partial charge >= 0.3 is 5.97 Å². The predicted octanol–water partition coefficient (Wildman–Crippen LogP) is 3.70. The van der Waals surface area contributed by atoms with Gasteiger partial charge in [-0.1, -0.05) is 23.2 Å². The van der Waals surface area contributed by atoms with E-state index in [9.17, 15) is 9.18 Å². The van der Waals surface area contributed by atoms with Gasteiger partial charge in [-0.15, -0.1) is 0 Å². The summed E-state index contributed by atoms with van der Waals surface area (Å²) in [6, 6.07) is 4.05. The molecule has 1 heterocycles. The zero-order valence-electron chi connectivity index (χ0n) is 9.84. The number of hydrogen-bond donors (Lipinski definition) is 1. The minimum Gasteiger partial charge on any atom is -0.461 e. The van der Waals surface area contributed by atoms with Crippen LogP contribution in [0.3, 0.4) is 0 Å². The maximum Gasteiger partial charge on any atom is 0.356 e. The number of nitrogens with one attached hydrogen (secondary N) is 1. The SMILES string of the molecule is CCOC(=O)c1cc(-c2cc(Cl)cc(Cl)c2F)n[nH]1. The van der Waals surface area contributed by atoms with Gasteiger partial charge < -0.3 is 4.74 Å². The lowest BCUT2D eigenvalue weighted by molar-refractivity contribution is 0.0519. The summed E-state index contributed by atoms with van der Waals surface area (Å²) >= 11 is 11.5. The molecule has 0 atom stereocenters. The van der Waals surface area contributed by atoms with Crippen LogP contribution in [0.1, 0.15) is 17.4 Å². The maximum atomic E-state index is 13.9. The lowest BCUT2D eigenvalue weighted by Gasteiger charge is -2.02. The molecule has 0 bridgehead atoms. The maximum absolute atomic E-state index is 13.9. The Morgan fingerprint density at radius 3 is 2.84 bits per heavy atom. The van der Waals surface area contributed by atoms with Crippen LogP contribution in [-0.2, 0) is 4.74 Å². The monoisotopic (exact) mass is 302 g/mol. The van der Waals surface area contributed by atoms with Crippen LogP contribution in [0.5, 0.6) is 0 Å². The number of nitrogens with zero attached hydrogens (tertiary/aromatic N) is 1. The molecule has 4 nitrogen and oxygen atoms in total. The molecule has 0 spiro atoms. The molecular formula is C12H9Cl2FN2O2. The summed E-state index contributed by atoms with van der Waals surface area (Å²) in [4.78, 5) is 11.5. The van der Waals surface area contributed by atoms with Gasteiger partial charge in [0.2, 0.25) is 0 Å². The minimum absolute atomic E-state index is 0.108. The Morgan fingerprint density at radius 1 is 1.42 bits per heavy atom. The van der Waals surface area contributed by atoms with Gasteiger partial charge in [-0.05, 0) is 25.1 Å². The number of aromatic amines is 1. The fourth-order valence-corrected chi connectivity index (χ4v) is 2.01. The minimum atomic E-state index is -0.645. The van der Waals surface area contributed by atoms with E-state index >= 15 is 0 Å². The van der Waals surface area contributed by atoms with Crippen LogP contribution < -0.4 is 0 Å². The fraction of sp³-hybridized carbons (Fsp3) is 0.167. The molecule has 0 unspecified atom stereocenters. The van der Waals surface area contributed by atoms with Gasteiger partial charge in [0.1, 0.15) is 5.69 Å². The van der Waals surface area contributed by atoms with Crippen molar-refractivity contribution in [2.45, 2.75) is 6.92 Å². The molecule has 19 heavy (non-hydrogen) atoms. The number of ether oxygens (including phenoxy) is 1. The van der Waals surface area contributed by atoms with Gasteiger partial charge in [-0.25, -0.2) is 9.18 Å². The van der Waals surface area contributed by atoms with Crippen LogP contribution in [0.2, 0.25) is 10.0 Å². The predicted molar refractivity (Wildman–Crippen MR) is 70.0 cm³/mol. The Balaban J connectivity index is 2.41. The zero-order chi connectivity index (χ0) is 14.0. The second kappa shape index (κ2) is 5.59. The highest BCUT2D eigenvalue weighted by atomic mass is 35.5. The number of esters is 1. The van der Waals surface area contributed by atoms with Crippen LogP contribution in [0.4, 0.5) is 4.39 Å². The lowest BCUT2D eigenvalue weighted by Crippen LogP contribution is -2.04. The molecule has 1 aromatic carbocycles. The molecule has 0 saturated carbocycles. The first-order valence-electron chi connectivity index (χ1n) is 5.40. The zero-order valence-corrected chi connectivity index (χ0v) is 11.3. The van der Waals surface area contributed by atoms with Crippen molar-refractivity contribution in [1.29, 1.82) is 0 Å². The number of aromatic nitrogens is 2. The van der Waals surface area contributed by atoms with E-state index in [1.54, 1.807) is 6.92 Å². The molecule has 0 aliphatic carbocycles. The summed E-state index contributed by atoms with van der Waals surface area (Å²) in [6.45, 7) is 1.93. The van der Waals surface area contributed by atoms with E-state index in [4.69, 9.17) is 27.9 Å². The molecule has 0 radical (unpaired) electrons. The summed E-state index contributed by atoms with van der Waals surface area (Å²) < 4.78 is 18.7. The van der Waals surface area contributed by atoms with Crippen LogP contribution in [-0.4, -0.2) is 22.8 Å². The first kappa shape index (κ1) is 13.8. The lowest BCUT2D eigenvalue weighted by atomic mass is 10.1. The highest BCUT2D eigenvalue weighted by molar-refractivity contribution is 6.35. The van der Waals surface area contributed by atoms with Crippen molar-refractivity contribution in [2.75, 3.05) is 6.61 Å². The summed E-state index contributed by atoms with van der Waals surface area (Å²) in [5.74, 6) is -1.21. The van der Waals surface area contributed by atoms with E-state index in [2.05, 4.69) is 10.2 Å². The fourth-order valence-electron chi connectivity index (χ4n) is 1.52. The normalized spacial score (nSPS) is 10.5. The molecule has 100 valence electrons. The number of carbonyl (C=O) groups excluding carboxylic acids is 1. The van der Waals surface area contributed by atoms with Gasteiger partial charge in [0.05, 0.1) is 17.3 Å². The highest BCUT2D eigenvalue weighted by Gasteiger charge is 2.16. The van der Waals surface area contributed by atoms with E-state index in [1.807, 2.05) is 0 Å². The molecule has 7 heteroatoms. The van der Waals surface area contributed by atoms with Crippen LogP contribution >= 0.6 is 23.2 Å². The molecule has 1 aromatic heterocycles. The number of hydrogen-bond acceptors (Lipinski definition) is 3. The van der Waals surface area contributed by atoms with Crippen molar-refractivity contribution in [2.24, 2.45) is 0 Å². The summed E-state index contributed by atoms with van der Waals surface area (Å²) in [5, 5.41) is 6.50. The Morgan fingerprint density at radius 2 is 2.16 bits per heavy atom. The molecule has 0 saturated heterocycles. The second-order valence-corrected chi connectivity index (χ2v) is 4.48.